The van der Waals surface area contributed by atoms with Gasteiger partial charge in [-0.05, 0) is 48.8 Å². The molecule has 0 spiro atoms. The lowest BCUT2D eigenvalue weighted by atomic mass is 9.95. The van der Waals surface area contributed by atoms with Gasteiger partial charge in [-0.2, -0.15) is 0 Å². The molecule has 0 aliphatic heterocycles. The summed E-state index contributed by atoms with van der Waals surface area (Å²) in [5.74, 6) is 1.56. The molecule has 3 atom stereocenters. The third-order valence-corrected chi connectivity index (χ3v) is 4.73. The summed E-state index contributed by atoms with van der Waals surface area (Å²) in [5, 5.41) is 3.80. The van der Waals surface area contributed by atoms with E-state index in [1.54, 1.807) is 12.2 Å². The highest BCUT2D eigenvalue weighted by molar-refractivity contribution is 6.32. The number of rotatable bonds is 3. The van der Waals surface area contributed by atoms with Crippen LogP contribution in [0.3, 0.4) is 0 Å². The topological polar surface area (TPSA) is 29.1 Å². The van der Waals surface area contributed by atoms with E-state index in [4.69, 9.17) is 11.6 Å². The third-order valence-electron chi connectivity index (χ3n) is 4.39. The Hall–Kier alpha value is -1.28. The zero-order valence-corrected chi connectivity index (χ0v) is 11.6. The van der Waals surface area contributed by atoms with E-state index in [9.17, 15) is 4.79 Å². The fraction of sp³-hybridized carbons (Fsp3) is 0.438. The van der Waals surface area contributed by atoms with Crippen LogP contribution < -0.4 is 5.32 Å². The molecule has 1 N–H and O–H groups in total. The zero-order valence-electron chi connectivity index (χ0n) is 10.8. The average Bonchev–Trinajstić information content (AvgIpc) is 3.00. The van der Waals surface area contributed by atoms with Crippen LogP contribution in [-0.4, -0.2) is 11.9 Å². The molecule has 1 aromatic rings. The number of fused-ring (bicyclic) bond motifs is 2. The van der Waals surface area contributed by atoms with Gasteiger partial charge in [0, 0.05) is 17.1 Å². The molecule has 1 amide bonds. The summed E-state index contributed by atoms with van der Waals surface area (Å²) in [7, 11) is 0. The maximum atomic E-state index is 11.9. The number of halogens is 1. The molecule has 0 radical (unpaired) electrons. The van der Waals surface area contributed by atoms with E-state index in [1.165, 1.54) is 19.3 Å². The summed E-state index contributed by atoms with van der Waals surface area (Å²) in [5.41, 5.74) is 0.882. The summed E-state index contributed by atoms with van der Waals surface area (Å²) in [4.78, 5) is 11.9. The van der Waals surface area contributed by atoms with E-state index < -0.39 is 0 Å². The second-order valence-corrected chi connectivity index (χ2v) is 6.05. The Balaban J connectivity index is 1.58. The second-order valence-electron chi connectivity index (χ2n) is 5.64. The normalized spacial score (nSPS) is 29.0. The van der Waals surface area contributed by atoms with Crippen LogP contribution in [0.5, 0.6) is 0 Å². The summed E-state index contributed by atoms with van der Waals surface area (Å²) in [6, 6.07) is 7.93. The lowest BCUT2D eigenvalue weighted by Gasteiger charge is -2.22. The Kier molecular flexibility index (Phi) is 3.61. The van der Waals surface area contributed by atoms with Crippen LogP contribution in [0.2, 0.25) is 5.02 Å². The molecule has 2 aliphatic rings. The van der Waals surface area contributed by atoms with Gasteiger partial charge < -0.3 is 5.32 Å². The Labute approximate surface area is 118 Å². The maximum absolute atomic E-state index is 11.9. The van der Waals surface area contributed by atoms with Gasteiger partial charge in [0.05, 0.1) is 0 Å². The minimum Gasteiger partial charge on any atom is -0.350 e. The van der Waals surface area contributed by atoms with Crippen molar-refractivity contribution < 1.29 is 4.79 Å². The molecule has 0 saturated heterocycles. The van der Waals surface area contributed by atoms with E-state index in [-0.39, 0.29) is 5.91 Å². The van der Waals surface area contributed by atoms with Crippen LogP contribution in [0.4, 0.5) is 0 Å². The first-order chi connectivity index (χ1) is 9.22. The zero-order chi connectivity index (χ0) is 13.2. The van der Waals surface area contributed by atoms with E-state index >= 15 is 0 Å². The molecule has 3 rings (SSSR count). The average molecular weight is 276 g/mol. The van der Waals surface area contributed by atoms with Gasteiger partial charge in [-0.15, -0.1) is 0 Å². The molecule has 0 heterocycles. The first kappa shape index (κ1) is 12.7. The number of benzene rings is 1. The molecule has 2 aliphatic carbocycles. The maximum Gasteiger partial charge on any atom is 0.244 e. The highest BCUT2D eigenvalue weighted by Gasteiger charge is 2.39. The van der Waals surface area contributed by atoms with Crippen molar-refractivity contribution in [2.75, 3.05) is 0 Å². The molecule has 2 saturated carbocycles. The first-order valence-electron chi connectivity index (χ1n) is 6.95. The Morgan fingerprint density at radius 1 is 1.26 bits per heavy atom. The predicted octanol–water partition coefficient (Wildman–Crippen LogP) is 3.66. The van der Waals surface area contributed by atoms with Crippen LogP contribution >= 0.6 is 11.6 Å². The van der Waals surface area contributed by atoms with E-state index in [0.717, 1.165) is 17.9 Å². The van der Waals surface area contributed by atoms with E-state index in [2.05, 4.69) is 5.32 Å². The van der Waals surface area contributed by atoms with Crippen LogP contribution in [0.15, 0.2) is 30.3 Å². The monoisotopic (exact) mass is 275 g/mol. The molecule has 2 bridgehead atoms. The van der Waals surface area contributed by atoms with Crippen LogP contribution in [0, 0.1) is 11.8 Å². The van der Waals surface area contributed by atoms with Crippen molar-refractivity contribution in [3.63, 3.8) is 0 Å². The fourth-order valence-electron chi connectivity index (χ4n) is 3.43. The molecule has 2 fully saturated rings. The number of carbonyl (C=O) groups is 1. The van der Waals surface area contributed by atoms with Crippen molar-refractivity contribution in [3.8, 4) is 0 Å². The van der Waals surface area contributed by atoms with E-state index in [1.807, 2.05) is 24.3 Å². The van der Waals surface area contributed by atoms with Crippen molar-refractivity contribution >= 4 is 23.6 Å². The number of carbonyl (C=O) groups excluding carboxylic acids is 1. The number of hydrogen-bond donors (Lipinski definition) is 1. The van der Waals surface area contributed by atoms with Crippen molar-refractivity contribution in [1.29, 1.82) is 0 Å². The Morgan fingerprint density at radius 2 is 2.11 bits per heavy atom. The SMILES string of the molecule is O=C(C=Cc1ccccc1Cl)N[C@@H]1C[C@H]2CC[C@@H]1C2. The Bertz CT molecular complexity index is 511. The van der Waals surface area contributed by atoms with Crippen molar-refractivity contribution in [2.24, 2.45) is 11.8 Å². The smallest absolute Gasteiger partial charge is 0.244 e. The molecule has 0 unspecified atom stereocenters. The number of nitrogens with one attached hydrogen (secondary N) is 1. The molecule has 3 heteroatoms. The van der Waals surface area contributed by atoms with Crippen LogP contribution in [0.1, 0.15) is 31.2 Å². The lowest BCUT2D eigenvalue weighted by molar-refractivity contribution is -0.117. The van der Waals surface area contributed by atoms with Crippen molar-refractivity contribution in [2.45, 2.75) is 31.7 Å². The Morgan fingerprint density at radius 3 is 2.79 bits per heavy atom. The predicted molar refractivity (Wildman–Crippen MR) is 77.9 cm³/mol. The highest BCUT2D eigenvalue weighted by atomic mass is 35.5. The van der Waals surface area contributed by atoms with Crippen LogP contribution in [-0.2, 0) is 4.79 Å². The van der Waals surface area contributed by atoms with Gasteiger partial charge in [0.2, 0.25) is 5.91 Å². The van der Waals surface area contributed by atoms with E-state index in [0.29, 0.717) is 17.0 Å². The highest BCUT2D eigenvalue weighted by Crippen LogP contribution is 2.44. The van der Waals surface area contributed by atoms with Gasteiger partial charge >= 0.3 is 0 Å². The minimum atomic E-state index is -0.00234. The lowest BCUT2D eigenvalue weighted by Crippen LogP contribution is -2.37. The number of amides is 1. The molecule has 1 aromatic carbocycles. The van der Waals surface area contributed by atoms with Gasteiger partial charge in [-0.3, -0.25) is 4.79 Å². The van der Waals surface area contributed by atoms with Crippen molar-refractivity contribution in [3.05, 3.63) is 40.9 Å². The molecule has 100 valence electrons. The van der Waals surface area contributed by atoms with Gasteiger partial charge in [-0.25, -0.2) is 0 Å². The first-order valence-corrected chi connectivity index (χ1v) is 7.33. The molecule has 0 aromatic heterocycles. The van der Waals surface area contributed by atoms with Gasteiger partial charge in [-0.1, -0.05) is 36.2 Å². The van der Waals surface area contributed by atoms with Crippen molar-refractivity contribution in [1.82, 2.24) is 5.32 Å². The fourth-order valence-corrected chi connectivity index (χ4v) is 3.63. The quantitative estimate of drug-likeness (QED) is 0.838. The molecule has 2 nitrogen and oxygen atoms in total. The third kappa shape index (κ3) is 2.84. The van der Waals surface area contributed by atoms with Gasteiger partial charge in [0.15, 0.2) is 0 Å². The van der Waals surface area contributed by atoms with Gasteiger partial charge in [0.25, 0.3) is 0 Å². The molecular weight excluding hydrogens is 258 g/mol. The largest absolute Gasteiger partial charge is 0.350 e. The van der Waals surface area contributed by atoms with Gasteiger partial charge in [0.1, 0.15) is 0 Å². The standard InChI is InChI=1S/C16H18ClNO/c17-14-4-2-1-3-12(14)7-8-16(19)18-15-10-11-5-6-13(15)9-11/h1-4,7-8,11,13,15H,5-6,9-10H2,(H,18,19)/t11-,13+,15+/m0/s1. The summed E-state index contributed by atoms with van der Waals surface area (Å²) >= 11 is 6.05. The molecule has 19 heavy (non-hydrogen) atoms. The minimum absolute atomic E-state index is 0.00234. The number of hydrogen-bond acceptors (Lipinski definition) is 1. The van der Waals surface area contributed by atoms with Crippen LogP contribution in [0.25, 0.3) is 6.08 Å². The second kappa shape index (κ2) is 5.38. The summed E-state index contributed by atoms with van der Waals surface area (Å²) in [6.07, 6.45) is 8.48. The molecular formula is C16H18ClNO. The summed E-state index contributed by atoms with van der Waals surface area (Å²) in [6.45, 7) is 0. The summed E-state index contributed by atoms with van der Waals surface area (Å²) < 4.78 is 0.